The molecule has 1 aliphatic heterocycles. The van der Waals surface area contributed by atoms with Gasteiger partial charge in [-0.2, -0.15) is 0 Å². The Hall–Kier alpha value is -2.19. The molecule has 3 amide bonds. The van der Waals surface area contributed by atoms with Crippen molar-refractivity contribution >= 4 is 23.3 Å². The number of β-amino-alcohol motifs (C(OH)–C–C–N with tert-alkyl or cyclic N) is 1. The normalized spacial score (nSPS) is 18.2. The van der Waals surface area contributed by atoms with Gasteiger partial charge in [0.05, 0.1) is 31.5 Å². The molecule has 1 aromatic carbocycles. The van der Waals surface area contributed by atoms with Crippen LogP contribution in [0.15, 0.2) is 18.2 Å². The zero-order valence-corrected chi connectivity index (χ0v) is 13.7. The summed E-state index contributed by atoms with van der Waals surface area (Å²) < 4.78 is 19.0. The van der Waals surface area contributed by atoms with Crippen LogP contribution in [0.1, 0.15) is 13.8 Å². The number of urea groups is 1. The summed E-state index contributed by atoms with van der Waals surface area (Å²) in [6.45, 7) is 4.43. The van der Waals surface area contributed by atoms with E-state index in [2.05, 4.69) is 10.6 Å². The quantitative estimate of drug-likeness (QED) is 0.781. The highest BCUT2D eigenvalue weighted by Gasteiger charge is 2.21. The molecule has 0 aliphatic carbocycles. The van der Waals surface area contributed by atoms with Crippen molar-refractivity contribution in [3.05, 3.63) is 24.0 Å². The maximum absolute atomic E-state index is 13.8. The summed E-state index contributed by atoms with van der Waals surface area (Å²) >= 11 is 0. The van der Waals surface area contributed by atoms with Crippen LogP contribution in [0.4, 0.5) is 20.6 Å². The minimum atomic E-state index is -0.743. The number of anilines is 2. The number of nitrogens with one attached hydrogen (secondary N) is 2. The van der Waals surface area contributed by atoms with Crippen molar-refractivity contribution in [3.8, 4) is 0 Å². The van der Waals surface area contributed by atoms with Gasteiger partial charge in [0.25, 0.3) is 0 Å². The Balaban J connectivity index is 2.06. The highest BCUT2D eigenvalue weighted by atomic mass is 19.1. The zero-order chi connectivity index (χ0) is 17.7. The predicted molar refractivity (Wildman–Crippen MR) is 87.3 cm³/mol. The predicted octanol–water partition coefficient (Wildman–Crippen LogP) is 1.65. The van der Waals surface area contributed by atoms with Gasteiger partial charge in [-0.15, -0.1) is 0 Å². The molecule has 3 N–H and O–H groups in total. The summed E-state index contributed by atoms with van der Waals surface area (Å²) in [7, 11) is 0. The number of hydrogen-bond acceptors (Lipinski definition) is 4. The molecular weight excluding hydrogens is 317 g/mol. The summed E-state index contributed by atoms with van der Waals surface area (Å²) in [6.07, 6.45) is -0.743. The van der Waals surface area contributed by atoms with Crippen LogP contribution in [0.25, 0.3) is 0 Å². The third kappa shape index (κ3) is 4.90. The van der Waals surface area contributed by atoms with Gasteiger partial charge in [-0.3, -0.25) is 4.79 Å². The van der Waals surface area contributed by atoms with Gasteiger partial charge in [-0.1, -0.05) is 13.8 Å². The molecule has 1 saturated heterocycles. The molecular formula is C16H22FN3O4. The molecule has 0 unspecified atom stereocenters. The monoisotopic (exact) mass is 339 g/mol. The highest BCUT2D eigenvalue weighted by molar-refractivity contribution is 5.94. The summed E-state index contributed by atoms with van der Waals surface area (Å²) in [4.78, 5) is 25.4. The van der Waals surface area contributed by atoms with Crippen molar-refractivity contribution in [2.45, 2.75) is 20.0 Å². The van der Waals surface area contributed by atoms with Crippen LogP contribution in [0.3, 0.4) is 0 Å². The van der Waals surface area contributed by atoms with Crippen LogP contribution in [0, 0.1) is 11.7 Å². The first-order chi connectivity index (χ1) is 11.4. The standard InChI is InChI=1S/C16H22FN3O4/c1-10(2)15(22)19-14-7-11(3-4-13(14)17)18-16(23)20-5-6-24-9-12(21)8-20/h3-4,7,10,12,21H,5-6,8-9H2,1-2H3,(H,18,23)(H,19,22)/t12-/m0/s1. The minimum Gasteiger partial charge on any atom is -0.389 e. The smallest absolute Gasteiger partial charge is 0.322 e. The molecule has 1 aliphatic rings. The lowest BCUT2D eigenvalue weighted by Gasteiger charge is -2.22. The Morgan fingerprint density at radius 2 is 2.12 bits per heavy atom. The average Bonchev–Trinajstić information content (AvgIpc) is 2.75. The molecule has 132 valence electrons. The number of rotatable bonds is 3. The first-order valence-corrected chi connectivity index (χ1v) is 7.79. The Morgan fingerprint density at radius 3 is 2.83 bits per heavy atom. The highest BCUT2D eigenvalue weighted by Crippen LogP contribution is 2.21. The number of aliphatic hydroxyl groups is 1. The fraction of sp³-hybridized carbons (Fsp3) is 0.500. The van der Waals surface area contributed by atoms with E-state index in [1.165, 1.54) is 23.1 Å². The minimum absolute atomic E-state index is 0.00531. The van der Waals surface area contributed by atoms with Gasteiger partial charge in [0, 0.05) is 18.2 Å². The van der Waals surface area contributed by atoms with Crippen molar-refractivity contribution in [2.75, 3.05) is 36.9 Å². The first kappa shape index (κ1) is 18.2. The fourth-order valence-electron chi connectivity index (χ4n) is 2.16. The Morgan fingerprint density at radius 1 is 1.38 bits per heavy atom. The molecule has 0 bridgehead atoms. The van der Waals surface area contributed by atoms with Gasteiger partial charge in [-0.05, 0) is 18.2 Å². The topological polar surface area (TPSA) is 90.9 Å². The summed E-state index contributed by atoms with van der Waals surface area (Å²) in [5, 5.41) is 14.8. The van der Waals surface area contributed by atoms with Crippen LogP contribution in [0.2, 0.25) is 0 Å². The SMILES string of the molecule is CC(C)C(=O)Nc1cc(NC(=O)N2CCOC[C@@H](O)C2)ccc1F. The summed E-state index contributed by atoms with van der Waals surface area (Å²) in [5.74, 6) is -1.19. The van der Waals surface area contributed by atoms with Crippen LogP contribution in [-0.2, 0) is 9.53 Å². The number of halogens is 1. The fourth-order valence-corrected chi connectivity index (χ4v) is 2.16. The van der Waals surface area contributed by atoms with E-state index in [0.29, 0.717) is 18.8 Å². The lowest BCUT2D eigenvalue weighted by Crippen LogP contribution is -2.40. The van der Waals surface area contributed by atoms with E-state index in [-0.39, 0.29) is 30.7 Å². The number of nitrogens with zero attached hydrogens (tertiary/aromatic N) is 1. The summed E-state index contributed by atoms with van der Waals surface area (Å²) in [5.41, 5.74) is 0.353. The molecule has 1 atom stereocenters. The molecule has 8 heteroatoms. The van der Waals surface area contributed by atoms with Gasteiger partial charge in [0.1, 0.15) is 5.82 Å². The maximum atomic E-state index is 13.8. The third-order valence-corrected chi connectivity index (χ3v) is 3.53. The molecule has 0 aromatic heterocycles. The number of carbonyl (C=O) groups is 2. The van der Waals surface area contributed by atoms with E-state index in [1.54, 1.807) is 13.8 Å². The van der Waals surface area contributed by atoms with Crippen molar-refractivity contribution in [1.82, 2.24) is 4.90 Å². The molecule has 1 heterocycles. The second-order valence-electron chi connectivity index (χ2n) is 5.94. The van der Waals surface area contributed by atoms with Crippen molar-refractivity contribution < 1.29 is 23.8 Å². The van der Waals surface area contributed by atoms with Gasteiger partial charge in [-0.25, -0.2) is 9.18 Å². The molecule has 2 rings (SSSR count). The second-order valence-corrected chi connectivity index (χ2v) is 5.94. The Bertz CT molecular complexity index is 609. The largest absolute Gasteiger partial charge is 0.389 e. The van der Waals surface area contributed by atoms with Crippen molar-refractivity contribution in [1.29, 1.82) is 0 Å². The number of ether oxygens (including phenoxy) is 1. The average molecular weight is 339 g/mol. The molecule has 24 heavy (non-hydrogen) atoms. The van der Waals surface area contributed by atoms with Gasteiger partial charge < -0.3 is 25.4 Å². The molecule has 1 aromatic rings. The third-order valence-electron chi connectivity index (χ3n) is 3.53. The molecule has 7 nitrogen and oxygen atoms in total. The summed E-state index contributed by atoms with van der Waals surface area (Å²) in [6, 6.07) is 3.51. The zero-order valence-electron chi connectivity index (χ0n) is 13.7. The first-order valence-electron chi connectivity index (χ1n) is 7.79. The van der Waals surface area contributed by atoms with E-state index in [9.17, 15) is 19.1 Å². The van der Waals surface area contributed by atoms with E-state index >= 15 is 0 Å². The van der Waals surface area contributed by atoms with Crippen molar-refractivity contribution in [2.24, 2.45) is 5.92 Å². The van der Waals surface area contributed by atoms with Gasteiger partial charge >= 0.3 is 6.03 Å². The van der Waals surface area contributed by atoms with E-state index < -0.39 is 18.0 Å². The Labute approximate surface area is 139 Å². The van der Waals surface area contributed by atoms with Gasteiger partial charge in [0.15, 0.2) is 0 Å². The lowest BCUT2D eigenvalue weighted by molar-refractivity contribution is -0.118. The number of carbonyl (C=O) groups excluding carboxylic acids is 2. The van der Waals surface area contributed by atoms with Gasteiger partial charge in [0.2, 0.25) is 5.91 Å². The molecule has 0 spiro atoms. The van der Waals surface area contributed by atoms with E-state index in [4.69, 9.17) is 4.74 Å². The molecule has 0 radical (unpaired) electrons. The number of amides is 3. The Kier molecular flexibility index (Phi) is 6.10. The van der Waals surface area contributed by atoms with Crippen LogP contribution >= 0.6 is 0 Å². The number of aliphatic hydroxyl groups excluding tert-OH is 1. The second kappa shape index (κ2) is 8.07. The van der Waals surface area contributed by atoms with Crippen LogP contribution < -0.4 is 10.6 Å². The van der Waals surface area contributed by atoms with Crippen LogP contribution in [-0.4, -0.2) is 54.4 Å². The molecule has 0 saturated carbocycles. The van der Waals surface area contributed by atoms with E-state index in [1.807, 2.05) is 0 Å². The lowest BCUT2D eigenvalue weighted by atomic mass is 10.2. The number of benzene rings is 1. The maximum Gasteiger partial charge on any atom is 0.322 e. The van der Waals surface area contributed by atoms with Crippen LogP contribution in [0.5, 0.6) is 0 Å². The number of hydrogen-bond donors (Lipinski definition) is 3. The van der Waals surface area contributed by atoms with Crippen molar-refractivity contribution in [3.63, 3.8) is 0 Å². The molecule has 1 fully saturated rings. The van der Waals surface area contributed by atoms with E-state index in [0.717, 1.165) is 0 Å².